The summed E-state index contributed by atoms with van der Waals surface area (Å²) in [6.07, 6.45) is 0.275. The van der Waals surface area contributed by atoms with E-state index < -0.39 is 5.92 Å². The molecule has 0 amide bonds. The minimum atomic E-state index is -2.51. The van der Waals surface area contributed by atoms with Crippen LogP contribution < -0.4 is 5.73 Å². The summed E-state index contributed by atoms with van der Waals surface area (Å²) in [6, 6.07) is -0.255. The van der Waals surface area contributed by atoms with Crippen LogP contribution in [0, 0.1) is 0 Å². The quantitative estimate of drug-likeness (QED) is 0.461. The highest BCUT2D eigenvalue weighted by Gasteiger charge is 2.39. The topological polar surface area (TPSA) is 38.4 Å². The fraction of sp³-hybridized carbons (Fsp3) is 0.857. The van der Waals surface area contributed by atoms with Crippen LogP contribution >= 0.6 is 0 Å². The van der Waals surface area contributed by atoms with Crippen molar-refractivity contribution in [3.63, 3.8) is 0 Å². The van der Waals surface area contributed by atoms with E-state index in [0.717, 1.165) is 0 Å². The highest BCUT2D eigenvalue weighted by atomic mass is 19.3. The third-order valence-corrected chi connectivity index (χ3v) is 1.76. The standard InChI is InChI=1S/C7H12F2N2/c1-5(10)11-6-2-3-7(8,9)4-6/h6H,2-4H2,1H3,(H2,10,11). The molecule has 0 aliphatic heterocycles. The van der Waals surface area contributed by atoms with Gasteiger partial charge < -0.3 is 5.73 Å². The molecule has 1 saturated carbocycles. The predicted octanol–water partition coefficient (Wildman–Crippen LogP) is 1.55. The van der Waals surface area contributed by atoms with Crippen molar-refractivity contribution in [2.75, 3.05) is 0 Å². The van der Waals surface area contributed by atoms with Crippen molar-refractivity contribution in [2.24, 2.45) is 10.7 Å². The van der Waals surface area contributed by atoms with Crippen LogP contribution in [0.1, 0.15) is 26.2 Å². The Labute approximate surface area is 64.5 Å². The lowest BCUT2D eigenvalue weighted by atomic mass is 10.2. The second-order valence-corrected chi connectivity index (χ2v) is 3.02. The summed E-state index contributed by atoms with van der Waals surface area (Å²) >= 11 is 0. The van der Waals surface area contributed by atoms with E-state index in [9.17, 15) is 8.78 Å². The van der Waals surface area contributed by atoms with Gasteiger partial charge in [-0.15, -0.1) is 0 Å². The van der Waals surface area contributed by atoms with Gasteiger partial charge in [-0.2, -0.15) is 0 Å². The zero-order chi connectivity index (χ0) is 8.48. The molecule has 0 aromatic rings. The first-order chi connectivity index (χ1) is 4.99. The molecule has 64 valence electrons. The van der Waals surface area contributed by atoms with Crippen molar-refractivity contribution >= 4 is 5.84 Å². The first-order valence-corrected chi connectivity index (χ1v) is 3.67. The van der Waals surface area contributed by atoms with Gasteiger partial charge in [-0.25, -0.2) is 8.78 Å². The highest BCUT2D eigenvalue weighted by molar-refractivity contribution is 5.77. The van der Waals surface area contributed by atoms with Crippen molar-refractivity contribution in [1.82, 2.24) is 0 Å². The molecule has 1 fully saturated rings. The van der Waals surface area contributed by atoms with E-state index in [1.807, 2.05) is 0 Å². The first kappa shape index (κ1) is 8.43. The number of rotatable bonds is 1. The van der Waals surface area contributed by atoms with Crippen molar-refractivity contribution in [1.29, 1.82) is 0 Å². The van der Waals surface area contributed by atoms with E-state index in [1.165, 1.54) is 0 Å². The molecule has 0 spiro atoms. The summed E-state index contributed by atoms with van der Waals surface area (Å²) in [5.41, 5.74) is 5.27. The lowest BCUT2D eigenvalue weighted by Gasteiger charge is -2.06. The number of alkyl halides is 2. The number of halogens is 2. The Hall–Kier alpha value is -0.670. The molecule has 1 atom stereocenters. The SMILES string of the molecule is CC(N)=NC1CCC(F)(F)C1. The summed E-state index contributed by atoms with van der Waals surface area (Å²) in [6.45, 7) is 1.62. The molecule has 1 unspecified atom stereocenters. The molecule has 11 heavy (non-hydrogen) atoms. The summed E-state index contributed by atoms with van der Waals surface area (Å²) in [5, 5.41) is 0. The summed E-state index contributed by atoms with van der Waals surface area (Å²) in [4.78, 5) is 3.89. The van der Waals surface area contributed by atoms with Gasteiger partial charge in [0.05, 0.1) is 11.9 Å². The van der Waals surface area contributed by atoms with Gasteiger partial charge in [0.2, 0.25) is 5.92 Å². The Morgan fingerprint density at radius 3 is 2.64 bits per heavy atom. The molecule has 4 heteroatoms. The van der Waals surface area contributed by atoms with Gasteiger partial charge in [-0.05, 0) is 13.3 Å². The third-order valence-electron chi connectivity index (χ3n) is 1.76. The Morgan fingerprint density at radius 1 is 1.64 bits per heavy atom. The maximum atomic E-state index is 12.5. The molecule has 1 rings (SSSR count). The van der Waals surface area contributed by atoms with Crippen LogP contribution in [-0.4, -0.2) is 17.8 Å². The first-order valence-electron chi connectivity index (χ1n) is 3.67. The molecule has 2 N–H and O–H groups in total. The van der Waals surface area contributed by atoms with Gasteiger partial charge in [0.25, 0.3) is 0 Å². The van der Waals surface area contributed by atoms with Crippen molar-refractivity contribution in [2.45, 2.75) is 38.2 Å². The molecule has 0 heterocycles. The smallest absolute Gasteiger partial charge is 0.250 e. The molecule has 0 radical (unpaired) electrons. The fourth-order valence-corrected chi connectivity index (χ4v) is 1.32. The predicted molar refractivity (Wildman–Crippen MR) is 39.9 cm³/mol. The lowest BCUT2D eigenvalue weighted by Crippen LogP contribution is -2.14. The fourth-order valence-electron chi connectivity index (χ4n) is 1.32. The van der Waals surface area contributed by atoms with Gasteiger partial charge >= 0.3 is 0 Å². The normalized spacial score (nSPS) is 30.8. The van der Waals surface area contributed by atoms with E-state index in [2.05, 4.69) is 4.99 Å². The Balaban J connectivity index is 2.49. The van der Waals surface area contributed by atoms with Gasteiger partial charge in [-0.3, -0.25) is 4.99 Å². The second-order valence-electron chi connectivity index (χ2n) is 3.02. The Kier molecular flexibility index (Phi) is 2.11. The van der Waals surface area contributed by atoms with Crippen LogP contribution in [0.5, 0.6) is 0 Å². The van der Waals surface area contributed by atoms with Crippen molar-refractivity contribution in [3.05, 3.63) is 0 Å². The summed E-state index contributed by atoms with van der Waals surface area (Å²) < 4.78 is 25.1. The maximum absolute atomic E-state index is 12.5. The van der Waals surface area contributed by atoms with E-state index in [0.29, 0.717) is 12.3 Å². The molecule has 0 aromatic heterocycles. The summed E-state index contributed by atoms with van der Waals surface area (Å²) in [7, 11) is 0. The molecular weight excluding hydrogens is 150 g/mol. The second kappa shape index (κ2) is 2.75. The zero-order valence-electron chi connectivity index (χ0n) is 6.48. The van der Waals surface area contributed by atoms with Gasteiger partial charge in [0, 0.05) is 12.8 Å². The number of nitrogens with two attached hydrogens (primary N) is 1. The number of amidine groups is 1. The summed E-state index contributed by atoms with van der Waals surface area (Å²) in [5.74, 6) is -2.11. The van der Waals surface area contributed by atoms with Crippen molar-refractivity contribution in [3.8, 4) is 0 Å². The molecule has 0 aromatic carbocycles. The van der Waals surface area contributed by atoms with Crippen LogP contribution in [0.25, 0.3) is 0 Å². The molecular formula is C7H12F2N2. The van der Waals surface area contributed by atoms with Gasteiger partial charge in [0.15, 0.2) is 0 Å². The van der Waals surface area contributed by atoms with Crippen molar-refractivity contribution < 1.29 is 8.78 Å². The monoisotopic (exact) mass is 162 g/mol. The lowest BCUT2D eigenvalue weighted by molar-refractivity contribution is 0.00809. The van der Waals surface area contributed by atoms with Crippen LogP contribution in [-0.2, 0) is 0 Å². The van der Waals surface area contributed by atoms with Crippen LogP contribution in [0.2, 0.25) is 0 Å². The van der Waals surface area contributed by atoms with Crippen LogP contribution in [0.3, 0.4) is 0 Å². The average molecular weight is 162 g/mol. The molecule has 0 saturated heterocycles. The Morgan fingerprint density at radius 2 is 2.27 bits per heavy atom. The number of hydrogen-bond donors (Lipinski definition) is 1. The van der Waals surface area contributed by atoms with Gasteiger partial charge in [-0.1, -0.05) is 0 Å². The van der Waals surface area contributed by atoms with Gasteiger partial charge in [0.1, 0.15) is 0 Å². The average Bonchev–Trinajstić information content (AvgIpc) is 2.08. The third kappa shape index (κ3) is 2.44. The maximum Gasteiger partial charge on any atom is 0.250 e. The highest BCUT2D eigenvalue weighted by Crippen LogP contribution is 2.36. The largest absolute Gasteiger partial charge is 0.388 e. The van der Waals surface area contributed by atoms with E-state index in [-0.39, 0.29) is 18.9 Å². The van der Waals surface area contributed by atoms with Crippen LogP contribution in [0.15, 0.2) is 4.99 Å². The minimum absolute atomic E-state index is 0.0472. The molecule has 1 aliphatic carbocycles. The minimum Gasteiger partial charge on any atom is -0.388 e. The van der Waals surface area contributed by atoms with Crippen LogP contribution in [0.4, 0.5) is 8.78 Å². The zero-order valence-corrected chi connectivity index (χ0v) is 6.48. The number of aliphatic imine (C=N–C) groups is 1. The molecule has 2 nitrogen and oxygen atoms in total. The van der Waals surface area contributed by atoms with E-state index in [1.54, 1.807) is 6.92 Å². The number of nitrogens with zero attached hydrogens (tertiary/aromatic N) is 1. The van der Waals surface area contributed by atoms with E-state index >= 15 is 0 Å². The molecule has 1 aliphatic rings. The number of hydrogen-bond acceptors (Lipinski definition) is 1. The molecule has 0 bridgehead atoms. The van der Waals surface area contributed by atoms with E-state index in [4.69, 9.17) is 5.73 Å². The Bertz CT molecular complexity index is 173.